The Bertz CT molecular complexity index is 663. The van der Waals surface area contributed by atoms with E-state index in [1.54, 1.807) is 0 Å². The predicted octanol–water partition coefficient (Wildman–Crippen LogP) is 6.41. The van der Waals surface area contributed by atoms with Gasteiger partial charge >= 0.3 is 0 Å². The van der Waals surface area contributed by atoms with Crippen molar-refractivity contribution >= 4 is 38.1 Å². The first-order valence-electron chi connectivity index (χ1n) is 9.97. The van der Waals surface area contributed by atoms with E-state index in [-0.39, 0.29) is 24.4 Å². The highest BCUT2D eigenvalue weighted by Crippen LogP contribution is 2.42. The summed E-state index contributed by atoms with van der Waals surface area (Å²) >= 11 is 0. The van der Waals surface area contributed by atoms with Crippen LogP contribution in [0.5, 0.6) is 0 Å². The van der Waals surface area contributed by atoms with Crippen LogP contribution >= 0.6 is 16.8 Å². The number of hydrogen-bond acceptors (Lipinski definition) is 4. The lowest BCUT2D eigenvalue weighted by Crippen LogP contribution is -2.14. The van der Waals surface area contributed by atoms with Gasteiger partial charge in [-0.3, -0.25) is 0 Å². The first kappa shape index (κ1) is 23.7. The van der Waals surface area contributed by atoms with Crippen molar-refractivity contribution in [3.05, 3.63) is 36.4 Å². The molecule has 2 rings (SSSR count). The molecule has 4 nitrogen and oxygen atoms in total. The third-order valence-corrected chi connectivity index (χ3v) is 7.31. The summed E-state index contributed by atoms with van der Waals surface area (Å²) in [6, 6.07) is 12.8. The summed E-state index contributed by atoms with van der Waals surface area (Å²) < 4.78 is 24.2. The van der Waals surface area contributed by atoms with Crippen molar-refractivity contribution in [2.45, 2.75) is 79.8 Å². The summed E-state index contributed by atoms with van der Waals surface area (Å²) in [6.07, 6.45) is 0.474. The second-order valence-corrected chi connectivity index (χ2v) is 10.8. The van der Waals surface area contributed by atoms with Crippen LogP contribution in [0.2, 0.25) is 0 Å². The minimum absolute atomic E-state index is 0.118. The van der Waals surface area contributed by atoms with Crippen molar-refractivity contribution in [2.75, 3.05) is 0 Å². The zero-order valence-corrected chi connectivity index (χ0v) is 20.1. The molecule has 2 aromatic rings. The van der Waals surface area contributed by atoms with Gasteiger partial charge in [0.1, 0.15) is 0 Å². The Balaban J connectivity index is 2.33. The molecule has 0 amide bonds. The van der Waals surface area contributed by atoms with E-state index < -0.39 is 16.8 Å². The van der Waals surface area contributed by atoms with Gasteiger partial charge in [0.2, 0.25) is 16.8 Å². The molecule has 0 atom stereocenters. The van der Waals surface area contributed by atoms with Crippen molar-refractivity contribution in [3.8, 4) is 0 Å². The summed E-state index contributed by atoms with van der Waals surface area (Å²) in [5.74, 6) is 0. The molecule has 0 bridgehead atoms. The van der Waals surface area contributed by atoms with Gasteiger partial charge in [0.25, 0.3) is 0 Å². The standard InChI is InChI=1S/C22H34O4P2/c1-15(2)23-27(24-16(3)4)21-11-9-20-14-22(12-10-19(20)13-21)28(25-17(5)6)26-18(7)8/h9-18H,1-8H3. The van der Waals surface area contributed by atoms with Crippen molar-refractivity contribution in [1.82, 2.24) is 0 Å². The van der Waals surface area contributed by atoms with Crippen LogP contribution in [0.3, 0.4) is 0 Å². The molecule has 0 unspecified atom stereocenters. The van der Waals surface area contributed by atoms with E-state index >= 15 is 0 Å². The van der Waals surface area contributed by atoms with Gasteiger partial charge in [-0.2, -0.15) is 0 Å². The molecule has 0 fully saturated rings. The lowest BCUT2D eigenvalue weighted by Gasteiger charge is -2.23. The largest absolute Gasteiger partial charge is 0.328 e. The molecule has 0 aliphatic heterocycles. The molecule has 0 aliphatic carbocycles. The van der Waals surface area contributed by atoms with Gasteiger partial charge in [-0.15, -0.1) is 0 Å². The third kappa shape index (κ3) is 7.34. The van der Waals surface area contributed by atoms with Crippen LogP contribution in [0.25, 0.3) is 10.8 Å². The predicted molar refractivity (Wildman–Crippen MR) is 122 cm³/mol. The lowest BCUT2D eigenvalue weighted by atomic mass is 10.1. The Morgan fingerprint density at radius 3 is 1.04 bits per heavy atom. The van der Waals surface area contributed by atoms with Crippen LogP contribution < -0.4 is 10.6 Å². The van der Waals surface area contributed by atoms with Gasteiger partial charge in [-0.05, 0) is 90.4 Å². The normalized spacial score (nSPS) is 12.6. The van der Waals surface area contributed by atoms with Crippen molar-refractivity contribution in [1.29, 1.82) is 0 Å². The van der Waals surface area contributed by atoms with Crippen LogP contribution in [0.15, 0.2) is 36.4 Å². The van der Waals surface area contributed by atoms with Gasteiger partial charge < -0.3 is 18.1 Å². The first-order valence-corrected chi connectivity index (χ1v) is 12.3. The van der Waals surface area contributed by atoms with E-state index in [1.165, 1.54) is 0 Å². The Hall–Kier alpha value is -0.600. The number of hydrogen-bond donors (Lipinski definition) is 0. The molecule has 0 radical (unpaired) electrons. The maximum absolute atomic E-state index is 6.05. The molecule has 0 saturated carbocycles. The molecule has 6 heteroatoms. The van der Waals surface area contributed by atoms with Crippen molar-refractivity contribution < 1.29 is 18.1 Å². The zero-order valence-electron chi connectivity index (χ0n) is 18.3. The summed E-state index contributed by atoms with van der Waals surface area (Å²) in [5, 5.41) is 4.52. The zero-order chi connectivity index (χ0) is 20.8. The van der Waals surface area contributed by atoms with Crippen LogP contribution in [0, 0.1) is 0 Å². The topological polar surface area (TPSA) is 36.9 Å². The molecule has 0 heterocycles. The number of fused-ring (bicyclic) bond motifs is 1. The maximum atomic E-state index is 6.05. The molecule has 28 heavy (non-hydrogen) atoms. The molecule has 156 valence electrons. The van der Waals surface area contributed by atoms with E-state index in [0.717, 1.165) is 21.4 Å². The second-order valence-electron chi connectivity index (χ2n) is 7.85. The average molecular weight is 424 g/mol. The van der Waals surface area contributed by atoms with Crippen LogP contribution in [-0.4, -0.2) is 24.4 Å². The van der Waals surface area contributed by atoms with Gasteiger partial charge in [0, 0.05) is 10.6 Å². The van der Waals surface area contributed by atoms with Gasteiger partial charge in [-0.1, -0.05) is 12.1 Å². The Labute approximate surface area is 172 Å². The average Bonchev–Trinajstić information content (AvgIpc) is 2.58. The molecule has 0 aromatic heterocycles. The van der Waals surface area contributed by atoms with Crippen LogP contribution in [-0.2, 0) is 18.1 Å². The molecular weight excluding hydrogens is 390 g/mol. The minimum atomic E-state index is -1.10. The van der Waals surface area contributed by atoms with Crippen LogP contribution in [0.4, 0.5) is 0 Å². The molecule has 0 saturated heterocycles. The Morgan fingerprint density at radius 1 is 0.500 bits per heavy atom. The highest BCUT2D eigenvalue weighted by atomic mass is 31.2. The van der Waals surface area contributed by atoms with E-state index in [1.807, 2.05) is 55.4 Å². The number of rotatable bonds is 10. The number of benzene rings is 2. The first-order chi connectivity index (χ1) is 13.2. The summed E-state index contributed by atoms with van der Waals surface area (Å²) in [5.41, 5.74) is 0. The molecule has 2 aromatic carbocycles. The highest BCUT2D eigenvalue weighted by Gasteiger charge is 2.20. The monoisotopic (exact) mass is 424 g/mol. The highest BCUT2D eigenvalue weighted by molar-refractivity contribution is 7.56. The molecular formula is C22H34O4P2. The summed E-state index contributed by atoms with van der Waals surface area (Å²) in [7, 11) is -2.19. The molecule has 0 spiro atoms. The summed E-state index contributed by atoms with van der Waals surface area (Å²) in [6.45, 7) is 16.3. The summed E-state index contributed by atoms with van der Waals surface area (Å²) in [4.78, 5) is 0. The SMILES string of the molecule is CC(C)OP(OC(C)C)c1ccc2cc(P(OC(C)C)OC(C)C)ccc2c1. The molecule has 0 N–H and O–H groups in total. The quantitative estimate of drug-likeness (QED) is 0.413. The van der Waals surface area contributed by atoms with Crippen molar-refractivity contribution in [2.24, 2.45) is 0 Å². The Kier molecular flexibility index (Phi) is 9.28. The fourth-order valence-corrected chi connectivity index (χ4v) is 5.51. The van der Waals surface area contributed by atoms with Crippen molar-refractivity contribution in [3.63, 3.8) is 0 Å². The third-order valence-electron chi connectivity index (χ3n) is 3.46. The molecule has 0 aliphatic rings. The fraction of sp³-hybridized carbons (Fsp3) is 0.545. The van der Waals surface area contributed by atoms with Crippen LogP contribution in [0.1, 0.15) is 55.4 Å². The van der Waals surface area contributed by atoms with Gasteiger partial charge in [-0.25, -0.2) is 0 Å². The Morgan fingerprint density at radius 2 is 0.786 bits per heavy atom. The minimum Gasteiger partial charge on any atom is -0.328 e. The van der Waals surface area contributed by atoms with E-state index in [0.29, 0.717) is 0 Å². The van der Waals surface area contributed by atoms with Gasteiger partial charge in [0.15, 0.2) is 0 Å². The van der Waals surface area contributed by atoms with E-state index in [2.05, 4.69) is 36.4 Å². The van der Waals surface area contributed by atoms with E-state index in [4.69, 9.17) is 18.1 Å². The fourth-order valence-electron chi connectivity index (χ4n) is 2.51. The lowest BCUT2D eigenvalue weighted by molar-refractivity contribution is 0.183. The maximum Gasteiger partial charge on any atom is 0.205 e. The second kappa shape index (κ2) is 11.0. The smallest absolute Gasteiger partial charge is 0.205 e. The van der Waals surface area contributed by atoms with Gasteiger partial charge in [0.05, 0.1) is 24.4 Å². The van der Waals surface area contributed by atoms with E-state index in [9.17, 15) is 0 Å².